The Morgan fingerprint density at radius 3 is 2.53 bits per heavy atom. The highest BCUT2D eigenvalue weighted by atomic mass is 16.3. The van der Waals surface area contributed by atoms with E-state index in [4.69, 9.17) is 0 Å². The highest BCUT2D eigenvalue weighted by Crippen LogP contribution is 2.39. The second-order valence-electron chi connectivity index (χ2n) is 5.10. The molecule has 0 saturated heterocycles. The van der Waals surface area contributed by atoms with Crippen LogP contribution in [0.4, 0.5) is 0 Å². The van der Waals surface area contributed by atoms with Crippen molar-refractivity contribution in [1.29, 1.82) is 0 Å². The largest absolute Gasteiger partial charge is 0.385 e. The molecule has 0 radical (unpaired) electrons. The zero-order chi connectivity index (χ0) is 10.9. The van der Waals surface area contributed by atoms with Gasteiger partial charge in [-0.15, -0.1) is 0 Å². The molecule has 15 heavy (non-hydrogen) atoms. The van der Waals surface area contributed by atoms with Gasteiger partial charge < -0.3 is 5.11 Å². The van der Waals surface area contributed by atoms with Gasteiger partial charge >= 0.3 is 0 Å². The zero-order valence-electron chi connectivity index (χ0n) is 9.66. The van der Waals surface area contributed by atoms with Crippen LogP contribution < -0.4 is 0 Å². The van der Waals surface area contributed by atoms with Crippen LogP contribution in [0.5, 0.6) is 0 Å². The molecule has 1 fully saturated rings. The third-order valence-corrected chi connectivity index (χ3v) is 3.56. The molecule has 0 unspecified atom stereocenters. The number of aliphatic hydroxyl groups is 1. The van der Waals surface area contributed by atoms with Gasteiger partial charge in [-0.1, -0.05) is 43.2 Å². The molecular formula is C14H20O. The van der Waals surface area contributed by atoms with Crippen LogP contribution in [0.15, 0.2) is 24.3 Å². The summed E-state index contributed by atoms with van der Waals surface area (Å²) in [6.45, 7) is 4.32. The molecule has 1 nitrogen and oxygen atoms in total. The van der Waals surface area contributed by atoms with Gasteiger partial charge in [0.25, 0.3) is 0 Å². The molecule has 1 N–H and O–H groups in total. The second kappa shape index (κ2) is 3.97. The van der Waals surface area contributed by atoms with Gasteiger partial charge in [0.15, 0.2) is 0 Å². The van der Waals surface area contributed by atoms with Crippen LogP contribution in [0.3, 0.4) is 0 Å². The van der Waals surface area contributed by atoms with Crippen LogP contribution in [0, 0.1) is 12.8 Å². The Morgan fingerprint density at radius 1 is 1.27 bits per heavy atom. The molecular weight excluding hydrogens is 184 g/mol. The first kappa shape index (κ1) is 10.7. The standard InChI is InChI=1S/C14H20O/c1-11-5-7-13(8-6-11)14(15)9-3-4-12(2)10-14/h5-8,12,15H,3-4,9-10H2,1-2H3/t12-,14+/m1/s1. The predicted octanol–water partition coefficient (Wildman–Crippen LogP) is 3.39. The van der Waals surface area contributed by atoms with Gasteiger partial charge in [-0.2, -0.15) is 0 Å². The third-order valence-electron chi connectivity index (χ3n) is 3.56. The minimum atomic E-state index is -0.564. The van der Waals surface area contributed by atoms with Gasteiger partial charge in [-0.3, -0.25) is 0 Å². The molecule has 1 saturated carbocycles. The first-order chi connectivity index (χ1) is 7.10. The van der Waals surface area contributed by atoms with Crippen molar-refractivity contribution >= 4 is 0 Å². The van der Waals surface area contributed by atoms with E-state index in [1.54, 1.807) is 0 Å². The molecule has 2 atom stereocenters. The number of aryl methyl sites for hydroxylation is 1. The maximum absolute atomic E-state index is 10.6. The van der Waals surface area contributed by atoms with E-state index in [0.29, 0.717) is 5.92 Å². The van der Waals surface area contributed by atoms with Gasteiger partial charge in [0, 0.05) is 0 Å². The summed E-state index contributed by atoms with van der Waals surface area (Å²) < 4.78 is 0. The Morgan fingerprint density at radius 2 is 1.93 bits per heavy atom. The quantitative estimate of drug-likeness (QED) is 0.743. The van der Waals surface area contributed by atoms with Gasteiger partial charge in [0.05, 0.1) is 5.60 Å². The minimum Gasteiger partial charge on any atom is -0.385 e. The molecule has 82 valence electrons. The smallest absolute Gasteiger partial charge is 0.0899 e. The summed E-state index contributed by atoms with van der Waals surface area (Å²) in [5.41, 5.74) is 1.79. The molecule has 2 rings (SSSR count). The molecule has 0 aliphatic heterocycles. The van der Waals surface area contributed by atoms with Crippen molar-refractivity contribution in [2.24, 2.45) is 5.92 Å². The number of hydrogen-bond acceptors (Lipinski definition) is 1. The van der Waals surface area contributed by atoms with Crippen molar-refractivity contribution in [3.63, 3.8) is 0 Å². The van der Waals surface area contributed by atoms with Crippen molar-refractivity contribution < 1.29 is 5.11 Å². The normalized spacial score (nSPS) is 31.5. The van der Waals surface area contributed by atoms with Crippen molar-refractivity contribution in [2.45, 2.75) is 45.1 Å². The summed E-state index contributed by atoms with van der Waals surface area (Å²) in [6, 6.07) is 8.33. The molecule has 1 heteroatoms. The predicted molar refractivity (Wildman–Crippen MR) is 62.7 cm³/mol. The van der Waals surface area contributed by atoms with Gasteiger partial charge in [-0.25, -0.2) is 0 Å². The Kier molecular flexibility index (Phi) is 2.83. The Labute approximate surface area is 92.1 Å². The summed E-state index contributed by atoms with van der Waals surface area (Å²) in [5, 5.41) is 10.6. The maximum atomic E-state index is 10.6. The second-order valence-corrected chi connectivity index (χ2v) is 5.10. The Hall–Kier alpha value is -0.820. The third kappa shape index (κ3) is 2.23. The van der Waals surface area contributed by atoms with E-state index in [1.807, 2.05) is 0 Å². The Bertz CT molecular complexity index is 328. The lowest BCUT2D eigenvalue weighted by atomic mass is 9.75. The van der Waals surface area contributed by atoms with E-state index in [1.165, 1.54) is 12.0 Å². The summed E-state index contributed by atoms with van der Waals surface area (Å²) in [6.07, 6.45) is 4.23. The molecule has 0 bridgehead atoms. The number of benzene rings is 1. The summed E-state index contributed by atoms with van der Waals surface area (Å²) in [7, 11) is 0. The van der Waals surface area contributed by atoms with Crippen LogP contribution >= 0.6 is 0 Å². The summed E-state index contributed by atoms with van der Waals surface area (Å²) >= 11 is 0. The number of rotatable bonds is 1. The first-order valence-corrected chi connectivity index (χ1v) is 5.90. The van der Waals surface area contributed by atoms with Gasteiger partial charge in [0.1, 0.15) is 0 Å². The molecule has 0 spiro atoms. The van der Waals surface area contributed by atoms with Crippen molar-refractivity contribution in [2.75, 3.05) is 0 Å². The lowest BCUT2D eigenvalue weighted by Crippen LogP contribution is -2.31. The highest BCUT2D eigenvalue weighted by molar-refractivity contribution is 5.27. The lowest BCUT2D eigenvalue weighted by Gasteiger charge is -2.36. The fourth-order valence-electron chi connectivity index (χ4n) is 2.65. The maximum Gasteiger partial charge on any atom is 0.0899 e. The number of hydrogen-bond donors (Lipinski definition) is 1. The van der Waals surface area contributed by atoms with E-state index in [-0.39, 0.29) is 0 Å². The topological polar surface area (TPSA) is 20.2 Å². The average molecular weight is 204 g/mol. The molecule has 1 aromatic carbocycles. The SMILES string of the molecule is Cc1ccc([C@]2(O)CCC[C@@H](C)C2)cc1. The van der Waals surface area contributed by atoms with E-state index in [0.717, 1.165) is 24.8 Å². The molecule has 1 aromatic rings. The van der Waals surface area contributed by atoms with Crippen LogP contribution in [-0.2, 0) is 5.60 Å². The van der Waals surface area contributed by atoms with Crippen molar-refractivity contribution in [3.8, 4) is 0 Å². The van der Waals surface area contributed by atoms with E-state index in [9.17, 15) is 5.11 Å². The van der Waals surface area contributed by atoms with Gasteiger partial charge in [-0.05, 0) is 37.7 Å². The fourth-order valence-corrected chi connectivity index (χ4v) is 2.65. The van der Waals surface area contributed by atoms with Crippen molar-refractivity contribution in [1.82, 2.24) is 0 Å². The molecule has 1 aliphatic rings. The lowest BCUT2D eigenvalue weighted by molar-refractivity contribution is -0.0178. The van der Waals surface area contributed by atoms with Crippen molar-refractivity contribution in [3.05, 3.63) is 35.4 Å². The van der Waals surface area contributed by atoms with E-state index < -0.39 is 5.60 Å². The molecule has 0 amide bonds. The zero-order valence-corrected chi connectivity index (χ0v) is 9.66. The van der Waals surface area contributed by atoms with Crippen LogP contribution in [0.1, 0.15) is 43.7 Å². The monoisotopic (exact) mass is 204 g/mol. The molecule has 0 heterocycles. The average Bonchev–Trinajstić information content (AvgIpc) is 2.18. The van der Waals surface area contributed by atoms with Crippen LogP contribution in [0.25, 0.3) is 0 Å². The fraction of sp³-hybridized carbons (Fsp3) is 0.571. The summed E-state index contributed by atoms with van der Waals surface area (Å²) in [4.78, 5) is 0. The first-order valence-electron chi connectivity index (χ1n) is 5.90. The van der Waals surface area contributed by atoms with E-state index >= 15 is 0 Å². The minimum absolute atomic E-state index is 0.564. The van der Waals surface area contributed by atoms with Crippen LogP contribution in [-0.4, -0.2) is 5.11 Å². The van der Waals surface area contributed by atoms with E-state index in [2.05, 4.69) is 38.1 Å². The molecule has 0 aromatic heterocycles. The summed E-state index contributed by atoms with van der Waals surface area (Å²) in [5.74, 6) is 0.644. The molecule has 1 aliphatic carbocycles. The Balaban J connectivity index is 2.24. The van der Waals surface area contributed by atoms with Gasteiger partial charge in [0.2, 0.25) is 0 Å². The van der Waals surface area contributed by atoms with Crippen LogP contribution in [0.2, 0.25) is 0 Å². The highest BCUT2D eigenvalue weighted by Gasteiger charge is 2.33.